The van der Waals surface area contributed by atoms with Crippen LogP contribution in [-0.2, 0) is 0 Å². The normalized spacial score (nSPS) is 11.6. The lowest BCUT2D eigenvalue weighted by molar-refractivity contribution is 1.13. The van der Waals surface area contributed by atoms with Crippen molar-refractivity contribution < 1.29 is 0 Å². The van der Waals surface area contributed by atoms with Crippen molar-refractivity contribution in [2.45, 2.75) is 0 Å². The predicted molar refractivity (Wildman–Crippen MR) is 230 cm³/mol. The average molecular weight is 716 g/mol. The van der Waals surface area contributed by atoms with E-state index in [9.17, 15) is 0 Å². The summed E-state index contributed by atoms with van der Waals surface area (Å²) < 4.78 is 4.75. The Labute approximate surface area is 323 Å². The minimum atomic E-state index is 0.591. The molecule has 0 saturated carbocycles. The van der Waals surface area contributed by atoms with E-state index in [1.165, 1.54) is 32.6 Å². The highest BCUT2D eigenvalue weighted by atomic mass is 15.0. The third-order valence-electron chi connectivity index (χ3n) is 10.7. The lowest BCUT2D eigenvalue weighted by atomic mass is 10.1. The molecule has 0 radical (unpaired) electrons. The number of pyridine rings is 1. The molecule has 0 aliphatic heterocycles. The van der Waals surface area contributed by atoms with Crippen LogP contribution in [0.15, 0.2) is 200 Å². The molecule has 0 N–H and O–H groups in total. The smallest absolute Gasteiger partial charge is 0.179 e. The van der Waals surface area contributed by atoms with Gasteiger partial charge in [-0.3, -0.25) is 0 Å². The minimum Gasteiger partial charge on any atom is -0.309 e. The van der Waals surface area contributed by atoms with Gasteiger partial charge in [-0.2, -0.15) is 0 Å². The van der Waals surface area contributed by atoms with Crippen molar-refractivity contribution in [2.75, 3.05) is 0 Å². The van der Waals surface area contributed by atoms with Gasteiger partial charge in [-0.05, 0) is 66.7 Å². The summed E-state index contributed by atoms with van der Waals surface area (Å²) in [5, 5.41) is 4.86. The molecule has 0 saturated heterocycles. The van der Waals surface area contributed by atoms with Gasteiger partial charge < -0.3 is 9.13 Å². The Hall–Kier alpha value is -7.63. The molecule has 4 aromatic heterocycles. The monoisotopic (exact) mass is 715 g/mol. The Morgan fingerprint density at radius 3 is 1.30 bits per heavy atom. The van der Waals surface area contributed by atoms with Crippen LogP contribution in [0.1, 0.15) is 0 Å². The van der Waals surface area contributed by atoms with Crippen LogP contribution in [0.2, 0.25) is 0 Å². The van der Waals surface area contributed by atoms with Gasteiger partial charge in [0.25, 0.3) is 0 Å². The highest BCUT2D eigenvalue weighted by Gasteiger charge is 2.17. The highest BCUT2D eigenvalue weighted by molar-refractivity contribution is 6.11. The summed E-state index contributed by atoms with van der Waals surface area (Å²) in [6.45, 7) is 0. The van der Waals surface area contributed by atoms with E-state index in [0.717, 1.165) is 61.9 Å². The van der Waals surface area contributed by atoms with Crippen LogP contribution in [0.3, 0.4) is 0 Å². The van der Waals surface area contributed by atoms with E-state index in [-0.39, 0.29) is 0 Å². The van der Waals surface area contributed by atoms with Gasteiger partial charge in [-0.15, -0.1) is 0 Å². The van der Waals surface area contributed by atoms with E-state index in [4.69, 9.17) is 15.0 Å². The Morgan fingerprint density at radius 1 is 0.268 bits per heavy atom. The second-order valence-corrected chi connectivity index (χ2v) is 14.1. The van der Waals surface area contributed by atoms with Gasteiger partial charge in [0.1, 0.15) is 5.69 Å². The third-order valence-corrected chi connectivity index (χ3v) is 10.7. The summed E-state index contributed by atoms with van der Waals surface area (Å²) in [5.74, 6) is 0.591. The molecule has 0 fully saturated rings. The first kappa shape index (κ1) is 31.9. The molecule has 0 unspecified atom stereocenters. The molecular formula is C51H33N5. The van der Waals surface area contributed by atoms with E-state index in [1.807, 2.05) is 48.5 Å². The number of nitrogens with zero attached hydrogens (tertiary/aromatic N) is 5. The molecule has 5 nitrogen and oxygen atoms in total. The first-order valence-electron chi connectivity index (χ1n) is 18.9. The lowest BCUT2D eigenvalue weighted by Crippen LogP contribution is -1.99. The summed E-state index contributed by atoms with van der Waals surface area (Å²) in [7, 11) is 0. The molecule has 56 heavy (non-hydrogen) atoms. The summed E-state index contributed by atoms with van der Waals surface area (Å²) >= 11 is 0. The molecule has 0 atom stereocenters. The molecule has 4 heterocycles. The van der Waals surface area contributed by atoms with Crippen LogP contribution in [0.4, 0.5) is 0 Å². The number of benzene rings is 7. The number of aromatic nitrogens is 5. The Kier molecular flexibility index (Phi) is 7.42. The Morgan fingerprint density at radius 2 is 0.732 bits per heavy atom. The molecule has 5 heteroatoms. The van der Waals surface area contributed by atoms with Gasteiger partial charge >= 0.3 is 0 Å². The fourth-order valence-corrected chi connectivity index (χ4v) is 8.18. The fourth-order valence-electron chi connectivity index (χ4n) is 8.18. The molecule has 0 spiro atoms. The first-order valence-corrected chi connectivity index (χ1v) is 18.9. The second-order valence-electron chi connectivity index (χ2n) is 14.1. The molecule has 262 valence electrons. The Bertz CT molecular complexity index is 3140. The van der Waals surface area contributed by atoms with E-state index in [0.29, 0.717) is 5.82 Å². The molecular weight excluding hydrogens is 683 g/mol. The first-order chi connectivity index (χ1) is 27.8. The molecule has 11 aromatic rings. The van der Waals surface area contributed by atoms with Crippen molar-refractivity contribution in [3.63, 3.8) is 0 Å². The third kappa shape index (κ3) is 5.29. The van der Waals surface area contributed by atoms with Crippen molar-refractivity contribution in [3.05, 3.63) is 200 Å². The maximum absolute atomic E-state index is 5.19. The molecule has 0 aliphatic rings. The summed E-state index contributed by atoms with van der Waals surface area (Å²) in [6, 6.07) is 70.2. The second kappa shape index (κ2) is 13.0. The van der Waals surface area contributed by atoms with Crippen molar-refractivity contribution in [1.29, 1.82) is 0 Å². The standard InChI is InChI=1S/C51H33N5/c1-3-15-34(16-4-1)45-33-46(35-17-5-2-6-18-35)54-51(53-45)44-25-14-24-43(52-44)36-29-30-50-42(31-36)41-23-9-12-28-49(41)56(50)38-20-13-19-37(32-38)55-47-26-10-7-21-39(47)40-22-8-11-27-48(40)55/h1-33H. The van der Waals surface area contributed by atoms with Crippen LogP contribution in [0.25, 0.3) is 100 Å². The van der Waals surface area contributed by atoms with E-state index in [2.05, 4.69) is 161 Å². The molecule has 11 rings (SSSR count). The highest BCUT2D eigenvalue weighted by Crippen LogP contribution is 2.37. The van der Waals surface area contributed by atoms with E-state index < -0.39 is 0 Å². The summed E-state index contributed by atoms with van der Waals surface area (Å²) in [4.78, 5) is 15.3. The largest absolute Gasteiger partial charge is 0.309 e. The number of fused-ring (bicyclic) bond motifs is 6. The number of hydrogen-bond donors (Lipinski definition) is 0. The van der Waals surface area contributed by atoms with Crippen molar-refractivity contribution in [1.82, 2.24) is 24.1 Å². The molecule has 7 aromatic carbocycles. The molecule has 0 aliphatic carbocycles. The Balaban J connectivity index is 1.03. The number of hydrogen-bond acceptors (Lipinski definition) is 3. The van der Waals surface area contributed by atoms with Crippen LogP contribution < -0.4 is 0 Å². The van der Waals surface area contributed by atoms with Gasteiger partial charge in [0.2, 0.25) is 0 Å². The fraction of sp³-hybridized carbons (Fsp3) is 0. The van der Waals surface area contributed by atoms with Crippen molar-refractivity contribution in [3.8, 4) is 56.7 Å². The average Bonchev–Trinajstić information content (AvgIpc) is 3.80. The van der Waals surface area contributed by atoms with Crippen LogP contribution >= 0.6 is 0 Å². The summed E-state index contributed by atoms with van der Waals surface area (Å²) in [5.41, 5.74) is 13.3. The predicted octanol–water partition coefficient (Wildman–Crippen LogP) is 12.7. The topological polar surface area (TPSA) is 48.5 Å². The lowest BCUT2D eigenvalue weighted by Gasteiger charge is -2.13. The van der Waals surface area contributed by atoms with Crippen LogP contribution in [-0.4, -0.2) is 24.1 Å². The van der Waals surface area contributed by atoms with Gasteiger partial charge in [0.05, 0.1) is 39.1 Å². The van der Waals surface area contributed by atoms with Gasteiger partial charge in [-0.25, -0.2) is 15.0 Å². The van der Waals surface area contributed by atoms with E-state index >= 15 is 0 Å². The quantitative estimate of drug-likeness (QED) is 0.172. The maximum atomic E-state index is 5.19. The molecule has 0 amide bonds. The zero-order chi connectivity index (χ0) is 37.0. The number of rotatable bonds is 6. The molecule has 0 bridgehead atoms. The summed E-state index contributed by atoms with van der Waals surface area (Å²) in [6.07, 6.45) is 0. The zero-order valence-corrected chi connectivity index (χ0v) is 30.3. The number of para-hydroxylation sites is 3. The van der Waals surface area contributed by atoms with Crippen LogP contribution in [0.5, 0.6) is 0 Å². The van der Waals surface area contributed by atoms with E-state index in [1.54, 1.807) is 0 Å². The zero-order valence-electron chi connectivity index (χ0n) is 30.3. The van der Waals surface area contributed by atoms with Crippen molar-refractivity contribution >= 4 is 43.6 Å². The van der Waals surface area contributed by atoms with Crippen molar-refractivity contribution in [2.24, 2.45) is 0 Å². The van der Waals surface area contributed by atoms with Gasteiger partial charge in [-0.1, -0.05) is 133 Å². The minimum absolute atomic E-state index is 0.591. The SMILES string of the molecule is c1ccc(-c2cc(-c3ccccc3)nc(-c3cccc(-c4ccc5c(c4)c4ccccc4n5-c4cccc(-n5c6ccccc6c6ccccc65)c4)n3)n2)cc1. The van der Waals surface area contributed by atoms with Gasteiger partial charge in [0.15, 0.2) is 5.82 Å². The van der Waals surface area contributed by atoms with Crippen LogP contribution in [0, 0.1) is 0 Å². The van der Waals surface area contributed by atoms with Gasteiger partial charge in [0, 0.05) is 49.6 Å². The maximum Gasteiger partial charge on any atom is 0.179 e.